The molecule has 138 valence electrons. The van der Waals surface area contributed by atoms with Gasteiger partial charge in [-0.3, -0.25) is 4.79 Å². The molecule has 0 spiro atoms. The summed E-state index contributed by atoms with van der Waals surface area (Å²) in [5.41, 5.74) is 0.863. The third kappa shape index (κ3) is 5.29. The summed E-state index contributed by atoms with van der Waals surface area (Å²) >= 11 is 5.76. The van der Waals surface area contributed by atoms with Crippen LogP contribution in [0.25, 0.3) is 0 Å². The Kier molecular flexibility index (Phi) is 6.36. The number of benzene rings is 2. The fraction of sp³-hybridized carbons (Fsp3) is 0.176. The maximum absolute atomic E-state index is 12.1. The highest BCUT2D eigenvalue weighted by atomic mass is 35.5. The van der Waals surface area contributed by atoms with Gasteiger partial charge in [-0.1, -0.05) is 41.9 Å². The summed E-state index contributed by atoms with van der Waals surface area (Å²) in [7, 11) is -2.50. The van der Waals surface area contributed by atoms with Gasteiger partial charge in [0.05, 0.1) is 10.6 Å². The van der Waals surface area contributed by atoms with Gasteiger partial charge in [0.2, 0.25) is 10.0 Å². The highest BCUT2D eigenvalue weighted by Crippen LogP contribution is 2.21. The fourth-order valence-electron chi connectivity index (χ4n) is 2.11. The van der Waals surface area contributed by atoms with E-state index in [0.717, 1.165) is 11.6 Å². The maximum Gasteiger partial charge on any atom is 0.338 e. The molecule has 0 aliphatic heterocycles. The molecule has 0 bridgehead atoms. The van der Waals surface area contributed by atoms with Gasteiger partial charge in [-0.05, 0) is 23.8 Å². The van der Waals surface area contributed by atoms with Crippen LogP contribution in [0.3, 0.4) is 0 Å². The van der Waals surface area contributed by atoms with Crippen molar-refractivity contribution in [3.05, 3.63) is 64.7 Å². The van der Waals surface area contributed by atoms with E-state index in [2.05, 4.69) is 0 Å². The molecule has 2 rings (SSSR count). The molecule has 0 unspecified atom stereocenters. The molecule has 0 fully saturated rings. The number of carbonyl (C=O) groups excluding carboxylic acids is 2. The zero-order chi connectivity index (χ0) is 19.3. The van der Waals surface area contributed by atoms with Crippen LogP contribution in [0.1, 0.15) is 15.9 Å². The van der Waals surface area contributed by atoms with E-state index in [1.54, 1.807) is 7.05 Å². The Hall–Kier alpha value is -2.42. The third-order valence-corrected chi connectivity index (χ3v) is 4.88. The smallest absolute Gasteiger partial charge is 0.338 e. The number of hydrogen-bond donors (Lipinski definition) is 1. The average Bonchev–Trinajstić information content (AvgIpc) is 2.59. The molecule has 0 aliphatic carbocycles. The number of amides is 1. The Morgan fingerprint density at radius 3 is 2.42 bits per heavy atom. The van der Waals surface area contributed by atoms with Gasteiger partial charge >= 0.3 is 5.97 Å². The van der Waals surface area contributed by atoms with Gasteiger partial charge in [-0.25, -0.2) is 18.4 Å². The maximum atomic E-state index is 12.1. The van der Waals surface area contributed by atoms with E-state index >= 15 is 0 Å². The van der Waals surface area contributed by atoms with Crippen LogP contribution in [0.4, 0.5) is 0 Å². The normalized spacial score (nSPS) is 11.0. The van der Waals surface area contributed by atoms with Crippen molar-refractivity contribution in [2.75, 3.05) is 13.7 Å². The topological polar surface area (TPSA) is 107 Å². The first kappa shape index (κ1) is 19.9. The van der Waals surface area contributed by atoms with Crippen molar-refractivity contribution in [2.45, 2.75) is 11.4 Å². The van der Waals surface area contributed by atoms with Gasteiger partial charge in [0.1, 0.15) is 4.90 Å². The number of primary sulfonamides is 1. The van der Waals surface area contributed by atoms with Gasteiger partial charge < -0.3 is 9.64 Å². The third-order valence-electron chi connectivity index (χ3n) is 3.49. The molecule has 0 radical (unpaired) electrons. The zero-order valence-electron chi connectivity index (χ0n) is 13.9. The highest BCUT2D eigenvalue weighted by molar-refractivity contribution is 7.89. The molecule has 1 amide bonds. The van der Waals surface area contributed by atoms with Crippen LogP contribution in [0, 0.1) is 0 Å². The molecular formula is C17H17ClN2O5S. The van der Waals surface area contributed by atoms with Crippen LogP contribution in [0.2, 0.25) is 5.02 Å². The summed E-state index contributed by atoms with van der Waals surface area (Å²) in [5, 5.41) is 4.93. The molecule has 0 saturated carbocycles. The Morgan fingerprint density at radius 1 is 1.15 bits per heavy atom. The van der Waals surface area contributed by atoms with E-state index in [-0.39, 0.29) is 15.5 Å². The van der Waals surface area contributed by atoms with Gasteiger partial charge in [0, 0.05) is 13.6 Å². The van der Waals surface area contributed by atoms with Gasteiger partial charge in [0.25, 0.3) is 5.91 Å². The lowest BCUT2D eigenvalue weighted by Crippen LogP contribution is -2.30. The Morgan fingerprint density at radius 2 is 1.81 bits per heavy atom. The second-order valence-corrected chi connectivity index (χ2v) is 7.44. The zero-order valence-corrected chi connectivity index (χ0v) is 15.5. The highest BCUT2D eigenvalue weighted by Gasteiger charge is 2.18. The van der Waals surface area contributed by atoms with Crippen molar-refractivity contribution in [1.29, 1.82) is 0 Å². The molecule has 0 atom stereocenters. The van der Waals surface area contributed by atoms with E-state index in [1.165, 1.54) is 17.0 Å². The molecule has 0 heterocycles. The van der Waals surface area contributed by atoms with Crippen LogP contribution in [-0.2, 0) is 26.1 Å². The molecule has 0 aromatic heterocycles. The summed E-state index contributed by atoms with van der Waals surface area (Å²) in [6.45, 7) is -0.108. The summed E-state index contributed by atoms with van der Waals surface area (Å²) < 4.78 is 27.8. The largest absolute Gasteiger partial charge is 0.452 e. The lowest BCUT2D eigenvalue weighted by atomic mass is 10.2. The summed E-state index contributed by atoms with van der Waals surface area (Å²) in [6.07, 6.45) is 0. The van der Waals surface area contributed by atoms with Crippen molar-refractivity contribution in [1.82, 2.24) is 4.90 Å². The van der Waals surface area contributed by atoms with E-state index in [4.69, 9.17) is 21.5 Å². The first-order valence-electron chi connectivity index (χ1n) is 7.46. The number of ether oxygens (including phenoxy) is 1. The SMILES string of the molecule is CN(Cc1ccccc1)C(=O)COC(=O)c1ccc(Cl)c(S(N)(=O)=O)c1. The number of halogens is 1. The quantitative estimate of drug-likeness (QED) is 0.749. The predicted molar refractivity (Wildman–Crippen MR) is 96.0 cm³/mol. The number of nitrogens with two attached hydrogens (primary N) is 1. The number of hydrogen-bond acceptors (Lipinski definition) is 5. The second-order valence-electron chi connectivity index (χ2n) is 5.50. The average molecular weight is 397 g/mol. The molecule has 2 N–H and O–H groups in total. The number of carbonyl (C=O) groups is 2. The molecule has 2 aromatic carbocycles. The van der Waals surface area contributed by atoms with Crippen LogP contribution < -0.4 is 5.14 Å². The number of likely N-dealkylation sites (N-methyl/N-ethyl adjacent to an activating group) is 1. The minimum atomic E-state index is -4.08. The lowest BCUT2D eigenvalue weighted by molar-refractivity contribution is -0.133. The number of esters is 1. The summed E-state index contributed by atoms with van der Waals surface area (Å²) in [6, 6.07) is 12.9. The molecule has 7 nitrogen and oxygen atoms in total. The molecule has 0 aliphatic rings. The second kappa shape index (κ2) is 8.31. The Bertz CT molecular complexity index is 916. The molecule has 0 saturated heterocycles. The van der Waals surface area contributed by atoms with E-state index in [9.17, 15) is 18.0 Å². The fourth-order valence-corrected chi connectivity index (χ4v) is 3.19. The van der Waals surface area contributed by atoms with Crippen molar-refractivity contribution in [3.63, 3.8) is 0 Å². The van der Waals surface area contributed by atoms with Gasteiger partial charge in [-0.2, -0.15) is 0 Å². The van der Waals surface area contributed by atoms with E-state index < -0.39 is 28.5 Å². The van der Waals surface area contributed by atoms with Crippen LogP contribution >= 0.6 is 11.6 Å². The van der Waals surface area contributed by atoms with E-state index in [0.29, 0.717) is 6.54 Å². The monoisotopic (exact) mass is 396 g/mol. The number of sulfonamides is 1. The van der Waals surface area contributed by atoms with Gasteiger partial charge in [0.15, 0.2) is 6.61 Å². The lowest BCUT2D eigenvalue weighted by Gasteiger charge is -2.17. The molecule has 9 heteroatoms. The summed E-state index contributed by atoms with van der Waals surface area (Å²) in [4.78, 5) is 25.2. The summed E-state index contributed by atoms with van der Waals surface area (Å²) in [5.74, 6) is -1.25. The number of rotatable bonds is 6. The van der Waals surface area contributed by atoms with Gasteiger partial charge in [-0.15, -0.1) is 0 Å². The van der Waals surface area contributed by atoms with Crippen molar-refractivity contribution >= 4 is 33.5 Å². The van der Waals surface area contributed by atoms with Crippen LogP contribution in [0.5, 0.6) is 0 Å². The molecular weight excluding hydrogens is 380 g/mol. The minimum absolute atomic E-state index is 0.0723. The minimum Gasteiger partial charge on any atom is -0.452 e. The number of nitrogens with zero attached hydrogens (tertiary/aromatic N) is 1. The first-order chi connectivity index (χ1) is 12.2. The predicted octanol–water partition coefficient (Wildman–Crippen LogP) is 1.80. The molecule has 2 aromatic rings. The van der Waals surface area contributed by atoms with Crippen molar-refractivity contribution < 1.29 is 22.7 Å². The standard InChI is InChI=1S/C17H17ClN2O5S/c1-20(10-12-5-3-2-4-6-12)16(21)11-25-17(22)13-7-8-14(18)15(9-13)26(19,23)24/h2-9H,10-11H2,1H3,(H2,19,23,24). The van der Waals surface area contributed by atoms with E-state index in [1.807, 2.05) is 30.3 Å². The first-order valence-corrected chi connectivity index (χ1v) is 9.38. The van der Waals surface area contributed by atoms with Crippen LogP contribution in [0.15, 0.2) is 53.4 Å². The van der Waals surface area contributed by atoms with Crippen molar-refractivity contribution in [3.8, 4) is 0 Å². The Labute approximate surface area is 156 Å². The molecule has 26 heavy (non-hydrogen) atoms. The Balaban J connectivity index is 1.99. The van der Waals surface area contributed by atoms with Crippen LogP contribution in [-0.4, -0.2) is 38.8 Å². The van der Waals surface area contributed by atoms with Crippen molar-refractivity contribution in [2.24, 2.45) is 5.14 Å².